The molecule has 1 unspecified atom stereocenters. The Morgan fingerprint density at radius 3 is 2.63 bits per heavy atom. The predicted molar refractivity (Wildman–Crippen MR) is 80.6 cm³/mol. The van der Waals surface area contributed by atoms with Crippen LogP contribution in [0.1, 0.15) is 12.5 Å². The Morgan fingerprint density at radius 1 is 1.11 bits per heavy atom. The maximum atomic E-state index is 5.93. The normalized spacial score (nSPS) is 12.1. The Hall–Kier alpha value is -1.51. The molecule has 0 aromatic heterocycles. The van der Waals surface area contributed by atoms with Crippen LogP contribution >= 0.6 is 11.6 Å². The van der Waals surface area contributed by atoms with Crippen molar-refractivity contribution in [3.8, 4) is 0 Å². The fraction of sp³-hybridized carbons (Fsp3) is 0.250. The minimum atomic E-state index is 0.138. The molecule has 0 saturated carbocycles. The molecule has 0 bridgehead atoms. The summed E-state index contributed by atoms with van der Waals surface area (Å²) in [7, 11) is 0. The van der Waals surface area contributed by atoms with Crippen molar-refractivity contribution in [2.75, 3.05) is 11.9 Å². The van der Waals surface area contributed by atoms with Crippen molar-refractivity contribution in [3.05, 3.63) is 65.2 Å². The zero-order chi connectivity index (χ0) is 13.5. The van der Waals surface area contributed by atoms with Crippen molar-refractivity contribution in [2.45, 2.75) is 19.6 Å². The van der Waals surface area contributed by atoms with Gasteiger partial charge in [-0.05, 0) is 36.8 Å². The van der Waals surface area contributed by atoms with Crippen molar-refractivity contribution < 1.29 is 4.74 Å². The molecule has 0 aliphatic heterocycles. The number of ether oxygens (including phenoxy) is 1. The first-order chi connectivity index (χ1) is 9.24. The lowest BCUT2D eigenvalue weighted by molar-refractivity contribution is 0.0617. The second-order valence-corrected chi connectivity index (χ2v) is 4.93. The van der Waals surface area contributed by atoms with E-state index in [-0.39, 0.29) is 6.10 Å². The summed E-state index contributed by atoms with van der Waals surface area (Å²) in [5, 5.41) is 4.09. The minimum absolute atomic E-state index is 0.138. The monoisotopic (exact) mass is 275 g/mol. The number of hydrogen-bond acceptors (Lipinski definition) is 2. The number of nitrogens with one attached hydrogen (secondary N) is 1. The molecular weight excluding hydrogens is 258 g/mol. The average Bonchev–Trinajstić information content (AvgIpc) is 2.44. The summed E-state index contributed by atoms with van der Waals surface area (Å²) >= 11 is 5.93. The number of benzene rings is 2. The molecule has 19 heavy (non-hydrogen) atoms. The summed E-state index contributed by atoms with van der Waals surface area (Å²) in [6.07, 6.45) is 0.138. The second kappa shape index (κ2) is 7.17. The fourth-order valence-corrected chi connectivity index (χ4v) is 1.95. The molecule has 1 atom stereocenters. The van der Waals surface area contributed by atoms with Gasteiger partial charge in [0, 0.05) is 17.3 Å². The molecule has 0 fully saturated rings. The lowest BCUT2D eigenvalue weighted by atomic mass is 10.2. The van der Waals surface area contributed by atoms with Gasteiger partial charge in [-0.2, -0.15) is 0 Å². The Morgan fingerprint density at radius 2 is 1.89 bits per heavy atom. The number of rotatable bonds is 6. The van der Waals surface area contributed by atoms with Gasteiger partial charge < -0.3 is 10.1 Å². The first kappa shape index (κ1) is 13.9. The predicted octanol–water partition coefficient (Wildman–Crippen LogP) is 4.36. The van der Waals surface area contributed by atoms with Crippen LogP contribution in [0.15, 0.2) is 54.6 Å². The van der Waals surface area contributed by atoms with Gasteiger partial charge in [-0.1, -0.05) is 41.9 Å². The topological polar surface area (TPSA) is 21.3 Å². The summed E-state index contributed by atoms with van der Waals surface area (Å²) in [4.78, 5) is 0. The van der Waals surface area contributed by atoms with Gasteiger partial charge in [0.2, 0.25) is 0 Å². The molecular formula is C16H18ClNO. The van der Waals surface area contributed by atoms with E-state index in [1.807, 2.05) is 54.6 Å². The molecule has 1 N–H and O–H groups in total. The number of para-hydroxylation sites is 1. The van der Waals surface area contributed by atoms with Gasteiger partial charge in [0.05, 0.1) is 12.7 Å². The van der Waals surface area contributed by atoms with Gasteiger partial charge in [0.15, 0.2) is 0 Å². The minimum Gasteiger partial charge on any atom is -0.382 e. The molecule has 0 radical (unpaired) electrons. The molecule has 0 heterocycles. The van der Waals surface area contributed by atoms with Crippen molar-refractivity contribution in [1.29, 1.82) is 0 Å². The van der Waals surface area contributed by atoms with Crippen LogP contribution in [-0.2, 0) is 11.3 Å². The van der Waals surface area contributed by atoms with Crippen molar-refractivity contribution in [2.24, 2.45) is 0 Å². The summed E-state index contributed by atoms with van der Waals surface area (Å²) in [5.41, 5.74) is 2.21. The van der Waals surface area contributed by atoms with Gasteiger partial charge in [-0.15, -0.1) is 0 Å². The third-order valence-corrected chi connectivity index (χ3v) is 3.03. The Kier molecular flexibility index (Phi) is 5.25. The zero-order valence-corrected chi connectivity index (χ0v) is 11.7. The molecule has 2 rings (SSSR count). The van der Waals surface area contributed by atoms with E-state index >= 15 is 0 Å². The maximum Gasteiger partial charge on any atom is 0.0723 e. The Labute approximate surface area is 119 Å². The van der Waals surface area contributed by atoms with Crippen LogP contribution in [0.4, 0.5) is 5.69 Å². The third kappa shape index (κ3) is 4.93. The highest BCUT2D eigenvalue weighted by Crippen LogP contribution is 2.12. The van der Waals surface area contributed by atoms with Gasteiger partial charge in [-0.3, -0.25) is 0 Å². The van der Waals surface area contributed by atoms with Crippen LogP contribution in [0.25, 0.3) is 0 Å². The molecule has 0 aliphatic carbocycles. The molecule has 0 spiro atoms. The van der Waals surface area contributed by atoms with E-state index in [4.69, 9.17) is 16.3 Å². The zero-order valence-electron chi connectivity index (χ0n) is 11.0. The van der Waals surface area contributed by atoms with Crippen LogP contribution in [-0.4, -0.2) is 12.6 Å². The van der Waals surface area contributed by atoms with Crippen LogP contribution in [0.2, 0.25) is 5.02 Å². The fourth-order valence-electron chi connectivity index (χ4n) is 1.74. The summed E-state index contributed by atoms with van der Waals surface area (Å²) in [6.45, 7) is 3.42. The van der Waals surface area contributed by atoms with E-state index in [1.54, 1.807) is 0 Å². The van der Waals surface area contributed by atoms with E-state index < -0.39 is 0 Å². The first-order valence-electron chi connectivity index (χ1n) is 6.39. The molecule has 2 aromatic carbocycles. The van der Waals surface area contributed by atoms with Gasteiger partial charge in [0.1, 0.15) is 0 Å². The van der Waals surface area contributed by atoms with Gasteiger partial charge in [-0.25, -0.2) is 0 Å². The number of hydrogen-bond donors (Lipinski definition) is 1. The van der Waals surface area contributed by atoms with E-state index in [0.717, 1.165) is 22.8 Å². The quantitative estimate of drug-likeness (QED) is 0.846. The van der Waals surface area contributed by atoms with Crippen LogP contribution in [0.3, 0.4) is 0 Å². The number of anilines is 1. The van der Waals surface area contributed by atoms with E-state index in [1.165, 1.54) is 0 Å². The molecule has 0 amide bonds. The van der Waals surface area contributed by atoms with E-state index in [9.17, 15) is 0 Å². The van der Waals surface area contributed by atoms with Crippen LogP contribution < -0.4 is 5.32 Å². The standard InChI is InChI=1S/C16H18ClNO/c1-13(11-18-16-8-3-2-4-9-16)19-12-14-6-5-7-15(17)10-14/h2-10,13,18H,11-12H2,1H3. The summed E-state index contributed by atoms with van der Waals surface area (Å²) in [6, 6.07) is 17.9. The molecule has 100 valence electrons. The largest absolute Gasteiger partial charge is 0.382 e. The highest BCUT2D eigenvalue weighted by Gasteiger charge is 2.03. The summed E-state index contributed by atoms with van der Waals surface area (Å²) < 4.78 is 5.78. The SMILES string of the molecule is CC(CNc1ccccc1)OCc1cccc(Cl)c1. The average molecular weight is 276 g/mol. The van der Waals surface area contributed by atoms with E-state index in [0.29, 0.717) is 6.61 Å². The Balaban J connectivity index is 1.74. The lowest BCUT2D eigenvalue weighted by Gasteiger charge is -2.15. The second-order valence-electron chi connectivity index (χ2n) is 4.50. The molecule has 0 saturated heterocycles. The van der Waals surface area contributed by atoms with Crippen molar-refractivity contribution in [1.82, 2.24) is 0 Å². The van der Waals surface area contributed by atoms with Gasteiger partial charge >= 0.3 is 0 Å². The maximum absolute atomic E-state index is 5.93. The van der Waals surface area contributed by atoms with Crippen LogP contribution in [0.5, 0.6) is 0 Å². The molecule has 3 heteroatoms. The van der Waals surface area contributed by atoms with E-state index in [2.05, 4.69) is 12.2 Å². The van der Waals surface area contributed by atoms with Gasteiger partial charge in [0.25, 0.3) is 0 Å². The molecule has 2 aromatic rings. The third-order valence-electron chi connectivity index (χ3n) is 2.79. The molecule has 2 nitrogen and oxygen atoms in total. The highest BCUT2D eigenvalue weighted by molar-refractivity contribution is 6.30. The smallest absolute Gasteiger partial charge is 0.0723 e. The summed E-state index contributed by atoms with van der Waals surface area (Å²) in [5.74, 6) is 0. The Bertz CT molecular complexity index is 501. The number of halogens is 1. The first-order valence-corrected chi connectivity index (χ1v) is 6.77. The molecule has 0 aliphatic rings. The van der Waals surface area contributed by atoms with Crippen molar-refractivity contribution >= 4 is 17.3 Å². The van der Waals surface area contributed by atoms with Crippen molar-refractivity contribution in [3.63, 3.8) is 0 Å². The highest BCUT2D eigenvalue weighted by atomic mass is 35.5. The lowest BCUT2D eigenvalue weighted by Crippen LogP contribution is -2.19. The van der Waals surface area contributed by atoms with Crippen LogP contribution in [0, 0.1) is 0 Å².